The molecule has 2 amide bonds. The Morgan fingerprint density at radius 1 is 1.19 bits per heavy atom. The van der Waals surface area contributed by atoms with Gasteiger partial charge in [-0.3, -0.25) is 14.6 Å². The van der Waals surface area contributed by atoms with Crippen LogP contribution in [0, 0.1) is 0 Å². The molecule has 1 aliphatic heterocycles. The summed E-state index contributed by atoms with van der Waals surface area (Å²) >= 11 is 0. The number of rotatable bonds is 10. The fourth-order valence-electron chi connectivity index (χ4n) is 3.95. The minimum Gasteiger partial charge on any atom is -0.356 e. The maximum absolute atomic E-state index is 12.9. The van der Waals surface area contributed by atoms with E-state index >= 15 is 0 Å². The van der Waals surface area contributed by atoms with Gasteiger partial charge in [0.2, 0.25) is 5.91 Å². The number of hydrogen-bond donors (Lipinski definition) is 1. The van der Waals surface area contributed by atoms with Gasteiger partial charge < -0.3 is 15.1 Å². The van der Waals surface area contributed by atoms with Gasteiger partial charge in [-0.25, -0.2) is 4.98 Å². The van der Waals surface area contributed by atoms with Crippen LogP contribution in [0.4, 0.5) is 0 Å². The van der Waals surface area contributed by atoms with Crippen LogP contribution in [0.3, 0.4) is 0 Å². The third kappa shape index (κ3) is 7.43. The van der Waals surface area contributed by atoms with E-state index in [9.17, 15) is 9.59 Å². The molecule has 0 aliphatic carbocycles. The Morgan fingerprint density at radius 2 is 2.03 bits per heavy atom. The number of likely N-dealkylation sites (tertiary alicyclic amines) is 1. The van der Waals surface area contributed by atoms with E-state index in [0.717, 1.165) is 25.1 Å². The highest BCUT2D eigenvalue weighted by atomic mass is 16.2. The standard InChI is InChI=1S/C24H33N5O2/c1-20-8-5-6-15-28(20)16-7-12-27-23(30)11-17-29(19-21-9-3-2-4-10-21)24(31)22-18-25-13-14-26-22/h2-4,9-10,13-14,18,20H,5-8,11-12,15-17,19H2,1H3,(H,27,30). The van der Waals surface area contributed by atoms with Gasteiger partial charge in [0.05, 0.1) is 6.20 Å². The summed E-state index contributed by atoms with van der Waals surface area (Å²) in [4.78, 5) is 37.6. The molecule has 1 unspecified atom stereocenters. The van der Waals surface area contributed by atoms with Gasteiger partial charge in [-0.15, -0.1) is 0 Å². The largest absolute Gasteiger partial charge is 0.356 e. The number of benzene rings is 1. The summed E-state index contributed by atoms with van der Waals surface area (Å²) in [6, 6.07) is 10.4. The first-order valence-electron chi connectivity index (χ1n) is 11.2. The molecule has 0 saturated carbocycles. The van der Waals surface area contributed by atoms with Crippen LogP contribution in [0.5, 0.6) is 0 Å². The van der Waals surface area contributed by atoms with Crippen LogP contribution in [0.15, 0.2) is 48.9 Å². The van der Waals surface area contributed by atoms with Gasteiger partial charge in [0.15, 0.2) is 0 Å². The van der Waals surface area contributed by atoms with Crippen LogP contribution in [0.25, 0.3) is 0 Å². The smallest absolute Gasteiger partial charge is 0.274 e. The number of nitrogens with one attached hydrogen (secondary N) is 1. The number of carbonyl (C=O) groups is 2. The summed E-state index contributed by atoms with van der Waals surface area (Å²) in [6.07, 6.45) is 9.57. The summed E-state index contributed by atoms with van der Waals surface area (Å²) in [5.41, 5.74) is 1.30. The lowest BCUT2D eigenvalue weighted by Crippen LogP contribution is -2.39. The Hall–Kier alpha value is -2.80. The molecule has 2 aromatic rings. The minimum atomic E-state index is -0.219. The molecule has 31 heavy (non-hydrogen) atoms. The van der Waals surface area contributed by atoms with Gasteiger partial charge in [-0.05, 0) is 38.3 Å². The molecule has 1 aliphatic rings. The fraction of sp³-hybridized carbons (Fsp3) is 0.500. The monoisotopic (exact) mass is 423 g/mol. The first-order chi connectivity index (χ1) is 15.1. The van der Waals surface area contributed by atoms with E-state index < -0.39 is 0 Å². The third-order valence-corrected chi connectivity index (χ3v) is 5.78. The minimum absolute atomic E-state index is 0.0308. The summed E-state index contributed by atoms with van der Waals surface area (Å²) in [6.45, 7) is 5.89. The van der Waals surface area contributed by atoms with Crippen molar-refractivity contribution in [2.75, 3.05) is 26.2 Å². The van der Waals surface area contributed by atoms with E-state index in [-0.39, 0.29) is 23.9 Å². The summed E-state index contributed by atoms with van der Waals surface area (Å²) in [5, 5.41) is 3.00. The molecule has 2 heterocycles. The van der Waals surface area contributed by atoms with Crippen molar-refractivity contribution >= 4 is 11.8 Å². The SMILES string of the molecule is CC1CCCCN1CCCNC(=O)CCN(Cc1ccccc1)C(=O)c1cnccn1. The molecular formula is C24H33N5O2. The van der Waals surface area contributed by atoms with Crippen molar-refractivity contribution in [3.05, 3.63) is 60.2 Å². The average Bonchev–Trinajstić information content (AvgIpc) is 2.81. The summed E-state index contributed by atoms with van der Waals surface area (Å²) in [5.74, 6) is -0.250. The second kappa shape index (κ2) is 12.2. The van der Waals surface area contributed by atoms with Gasteiger partial charge in [-0.2, -0.15) is 0 Å². The molecule has 1 fully saturated rings. The fourth-order valence-corrected chi connectivity index (χ4v) is 3.95. The van der Waals surface area contributed by atoms with Crippen molar-refractivity contribution in [2.45, 2.75) is 51.6 Å². The maximum Gasteiger partial charge on any atom is 0.274 e. The Labute approximate surface area is 184 Å². The molecule has 7 nitrogen and oxygen atoms in total. The zero-order chi connectivity index (χ0) is 21.9. The van der Waals surface area contributed by atoms with Crippen LogP contribution in [0.2, 0.25) is 0 Å². The topological polar surface area (TPSA) is 78.4 Å². The van der Waals surface area contributed by atoms with Crippen molar-refractivity contribution < 1.29 is 9.59 Å². The first-order valence-corrected chi connectivity index (χ1v) is 11.2. The molecule has 3 rings (SSSR count). The maximum atomic E-state index is 12.9. The summed E-state index contributed by atoms with van der Waals surface area (Å²) in [7, 11) is 0. The van der Waals surface area contributed by atoms with Crippen LogP contribution < -0.4 is 5.32 Å². The van der Waals surface area contributed by atoms with Crippen molar-refractivity contribution in [3.8, 4) is 0 Å². The Balaban J connectivity index is 1.47. The number of amides is 2. The molecule has 166 valence electrons. The Kier molecular flexibility index (Phi) is 8.97. The van der Waals surface area contributed by atoms with E-state index in [1.807, 2.05) is 30.3 Å². The number of piperidine rings is 1. The van der Waals surface area contributed by atoms with Crippen LogP contribution in [-0.2, 0) is 11.3 Å². The van der Waals surface area contributed by atoms with Crippen molar-refractivity contribution in [2.24, 2.45) is 0 Å². The van der Waals surface area contributed by atoms with Gasteiger partial charge in [0.25, 0.3) is 5.91 Å². The Morgan fingerprint density at radius 3 is 2.77 bits per heavy atom. The van der Waals surface area contributed by atoms with E-state index in [4.69, 9.17) is 0 Å². The number of carbonyl (C=O) groups excluding carboxylic acids is 2. The lowest BCUT2D eigenvalue weighted by atomic mass is 10.0. The predicted molar refractivity (Wildman–Crippen MR) is 120 cm³/mol. The molecule has 1 aromatic carbocycles. The third-order valence-electron chi connectivity index (χ3n) is 5.78. The molecule has 0 spiro atoms. The zero-order valence-electron chi connectivity index (χ0n) is 18.4. The number of aromatic nitrogens is 2. The normalized spacial score (nSPS) is 16.6. The second-order valence-electron chi connectivity index (χ2n) is 8.14. The second-order valence-corrected chi connectivity index (χ2v) is 8.14. The molecule has 1 N–H and O–H groups in total. The van der Waals surface area contributed by atoms with Crippen LogP contribution in [0.1, 0.15) is 55.1 Å². The zero-order valence-corrected chi connectivity index (χ0v) is 18.4. The van der Waals surface area contributed by atoms with E-state index in [1.165, 1.54) is 37.9 Å². The molecule has 0 bridgehead atoms. The average molecular weight is 424 g/mol. The van der Waals surface area contributed by atoms with Crippen LogP contribution >= 0.6 is 0 Å². The van der Waals surface area contributed by atoms with Gasteiger partial charge in [-0.1, -0.05) is 36.8 Å². The van der Waals surface area contributed by atoms with Gasteiger partial charge >= 0.3 is 0 Å². The van der Waals surface area contributed by atoms with E-state index in [1.54, 1.807) is 4.90 Å². The highest BCUT2D eigenvalue weighted by Crippen LogP contribution is 2.16. The van der Waals surface area contributed by atoms with Crippen molar-refractivity contribution in [1.29, 1.82) is 0 Å². The highest BCUT2D eigenvalue weighted by Gasteiger charge is 2.19. The van der Waals surface area contributed by atoms with E-state index in [2.05, 4.69) is 27.1 Å². The van der Waals surface area contributed by atoms with Crippen LogP contribution in [-0.4, -0.2) is 63.8 Å². The molecular weight excluding hydrogens is 390 g/mol. The highest BCUT2D eigenvalue weighted by molar-refractivity contribution is 5.92. The molecule has 1 saturated heterocycles. The predicted octanol–water partition coefficient (Wildman–Crippen LogP) is 2.89. The molecule has 1 atom stereocenters. The Bertz CT molecular complexity index is 815. The van der Waals surface area contributed by atoms with Gasteiger partial charge in [0.1, 0.15) is 5.69 Å². The molecule has 1 aromatic heterocycles. The molecule has 0 radical (unpaired) electrons. The number of nitrogens with zero attached hydrogens (tertiary/aromatic N) is 4. The lowest BCUT2D eigenvalue weighted by Gasteiger charge is -2.33. The number of hydrogen-bond acceptors (Lipinski definition) is 5. The van der Waals surface area contributed by atoms with Crippen molar-refractivity contribution in [3.63, 3.8) is 0 Å². The van der Waals surface area contributed by atoms with E-state index in [0.29, 0.717) is 25.7 Å². The molecule has 7 heteroatoms. The van der Waals surface area contributed by atoms with Crippen molar-refractivity contribution in [1.82, 2.24) is 25.1 Å². The first kappa shape index (κ1) is 22.9. The summed E-state index contributed by atoms with van der Waals surface area (Å²) < 4.78 is 0. The quantitative estimate of drug-likeness (QED) is 0.595. The lowest BCUT2D eigenvalue weighted by molar-refractivity contribution is -0.121. The van der Waals surface area contributed by atoms with Gasteiger partial charge in [0, 0.05) is 51.0 Å².